The van der Waals surface area contributed by atoms with E-state index in [0.717, 1.165) is 11.4 Å². The Morgan fingerprint density at radius 1 is 1.26 bits per heavy atom. The highest BCUT2D eigenvalue weighted by molar-refractivity contribution is 9.10. The summed E-state index contributed by atoms with van der Waals surface area (Å²) in [5.74, 6) is -1.04. The number of aromatic nitrogens is 2. The van der Waals surface area contributed by atoms with Crippen LogP contribution in [0.5, 0.6) is 0 Å². The first-order valence-corrected chi connectivity index (χ1v) is 6.69. The van der Waals surface area contributed by atoms with Crippen LogP contribution in [0.15, 0.2) is 34.8 Å². The second-order valence-electron chi connectivity index (χ2n) is 5.31. The largest absolute Gasteiger partial charge is 0.476 e. The van der Waals surface area contributed by atoms with Gasteiger partial charge in [-0.2, -0.15) is 5.10 Å². The van der Waals surface area contributed by atoms with E-state index in [0.29, 0.717) is 4.47 Å². The molecule has 0 aliphatic rings. The summed E-state index contributed by atoms with van der Waals surface area (Å²) in [4.78, 5) is 11.2. The smallest absolute Gasteiger partial charge is 0.357 e. The van der Waals surface area contributed by atoms with Gasteiger partial charge >= 0.3 is 5.97 Å². The summed E-state index contributed by atoms with van der Waals surface area (Å²) in [6.07, 6.45) is 0. The molecule has 0 atom stereocenters. The third kappa shape index (κ3) is 2.56. The number of rotatable bonds is 2. The number of carboxylic acid groups (broad SMARTS) is 1. The van der Waals surface area contributed by atoms with Crippen molar-refractivity contribution in [1.29, 1.82) is 0 Å². The van der Waals surface area contributed by atoms with Crippen molar-refractivity contribution in [2.24, 2.45) is 0 Å². The van der Waals surface area contributed by atoms with Crippen LogP contribution in [-0.4, -0.2) is 20.9 Å². The van der Waals surface area contributed by atoms with Gasteiger partial charge in [-0.3, -0.25) is 0 Å². The number of benzene rings is 1. The highest BCUT2D eigenvalue weighted by Gasteiger charge is 2.29. The molecule has 0 radical (unpaired) electrons. The fourth-order valence-electron chi connectivity index (χ4n) is 1.94. The van der Waals surface area contributed by atoms with Crippen LogP contribution < -0.4 is 0 Å². The molecule has 4 nitrogen and oxygen atoms in total. The van der Waals surface area contributed by atoms with Crippen LogP contribution in [0.4, 0.5) is 0 Å². The average Bonchev–Trinajstić information content (AvgIpc) is 2.68. The van der Waals surface area contributed by atoms with Crippen LogP contribution in [0.1, 0.15) is 37.0 Å². The Balaban J connectivity index is 2.74. The Hall–Kier alpha value is -1.62. The third-order valence-electron chi connectivity index (χ3n) is 2.74. The number of halogens is 1. The van der Waals surface area contributed by atoms with E-state index in [9.17, 15) is 9.90 Å². The number of carbonyl (C=O) groups is 1. The van der Waals surface area contributed by atoms with Crippen LogP contribution >= 0.6 is 15.9 Å². The maximum Gasteiger partial charge on any atom is 0.357 e. The molecule has 19 heavy (non-hydrogen) atoms. The summed E-state index contributed by atoms with van der Waals surface area (Å²) in [6, 6.07) is 9.52. The van der Waals surface area contributed by atoms with Crippen molar-refractivity contribution >= 4 is 21.9 Å². The molecule has 1 heterocycles. The molecule has 2 aromatic rings. The van der Waals surface area contributed by atoms with Gasteiger partial charge in [-0.1, -0.05) is 39.0 Å². The number of carboxylic acids is 1. The highest BCUT2D eigenvalue weighted by Crippen LogP contribution is 2.34. The minimum absolute atomic E-state index is 0.0359. The molecule has 0 saturated heterocycles. The lowest BCUT2D eigenvalue weighted by molar-refractivity contribution is 0.0689. The fraction of sp³-hybridized carbons (Fsp3) is 0.286. The van der Waals surface area contributed by atoms with E-state index in [2.05, 4.69) is 21.0 Å². The van der Waals surface area contributed by atoms with Gasteiger partial charge in [-0.25, -0.2) is 9.48 Å². The zero-order valence-corrected chi connectivity index (χ0v) is 12.6. The lowest BCUT2D eigenvalue weighted by atomic mass is 9.91. The SMILES string of the molecule is CC(C)(C)c1c(Br)c(C(=O)O)nn1-c1ccccc1. The predicted molar refractivity (Wildman–Crippen MR) is 76.9 cm³/mol. The maximum absolute atomic E-state index is 11.2. The van der Waals surface area contributed by atoms with E-state index in [1.54, 1.807) is 4.68 Å². The summed E-state index contributed by atoms with van der Waals surface area (Å²) >= 11 is 3.37. The topological polar surface area (TPSA) is 55.1 Å². The second kappa shape index (κ2) is 4.81. The molecule has 5 heteroatoms. The van der Waals surface area contributed by atoms with Gasteiger partial charge in [0, 0.05) is 5.41 Å². The molecule has 0 spiro atoms. The van der Waals surface area contributed by atoms with Gasteiger partial charge in [0.2, 0.25) is 0 Å². The first kappa shape index (κ1) is 13.8. The number of para-hydroxylation sites is 1. The molecule has 0 bridgehead atoms. The Bertz CT molecular complexity index is 612. The number of hydrogen-bond donors (Lipinski definition) is 1. The van der Waals surface area contributed by atoms with Crippen LogP contribution in [0, 0.1) is 0 Å². The maximum atomic E-state index is 11.2. The van der Waals surface area contributed by atoms with E-state index < -0.39 is 5.97 Å². The van der Waals surface area contributed by atoms with Gasteiger partial charge in [-0.15, -0.1) is 0 Å². The quantitative estimate of drug-likeness (QED) is 0.918. The normalized spacial score (nSPS) is 11.6. The lowest BCUT2D eigenvalue weighted by Gasteiger charge is -2.21. The summed E-state index contributed by atoms with van der Waals surface area (Å²) in [5, 5.41) is 13.4. The minimum Gasteiger partial charge on any atom is -0.476 e. The Morgan fingerprint density at radius 3 is 2.32 bits per heavy atom. The Labute approximate surface area is 120 Å². The van der Waals surface area contributed by atoms with E-state index in [4.69, 9.17) is 0 Å². The Kier molecular flexibility index (Phi) is 3.49. The van der Waals surface area contributed by atoms with Gasteiger partial charge in [-0.05, 0) is 28.1 Å². The molecule has 1 aromatic heterocycles. The van der Waals surface area contributed by atoms with Crippen molar-refractivity contribution in [1.82, 2.24) is 9.78 Å². The van der Waals surface area contributed by atoms with Crippen LogP contribution in [0.25, 0.3) is 5.69 Å². The molecule has 0 saturated carbocycles. The molecule has 2 rings (SSSR count). The molecule has 0 amide bonds. The zero-order valence-electron chi connectivity index (χ0n) is 11.0. The average molecular weight is 323 g/mol. The number of aromatic carboxylic acids is 1. The molecule has 0 aliphatic heterocycles. The first-order chi connectivity index (χ1) is 8.82. The van der Waals surface area contributed by atoms with Crippen molar-refractivity contribution in [2.45, 2.75) is 26.2 Å². The molecule has 0 fully saturated rings. The van der Waals surface area contributed by atoms with Crippen molar-refractivity contribution in [3.8, 4) is 5.69 Å². The van der Waals surface area contributed by atoms with Crippen molar-refractivity contribution in [3.63, 3.8) is 0 Å². The molecular formula is C14H15BrN2O2. The van der Waals surface area contributed by atoms with Gasteiger partial charge in [0.1, 0.15) is 0 Å². The zero-order chi connectivity index (χ0) is 14.2. The fourth-order valence-corrected chi connectivity index (χ4v) is 2.95. The summed E-state index contributed by atoms with van der Waals surface area (Å²) in [7, 11) is 0. The highest BCUT2D eigenvalue weighted by atomic mass is 79.9. The summed E-state index contributed by atoms with van der Waals surface area (Å²) < 4.78 is 2.23. The first-order valence-electron chi connectivity index (χ1n) is 5.90. The van der Waals surface area contributed by atoms with E-state index in [-0.39, 0.29) is 11.1 Å². The Morgan fingerprint density at radius 2 is 1.84 bits per heavy atom. The standard InChI is InChI=1S/C14H15BrN2O2/c1-14(2,3)12-10(15)11(13(18)19)16-17(12)9-7-5-4-6-8-9/h4-8H,1-3H3,(H,18,19). The number of nitrogens with zero attached hydrogens (tertiary/aromatic N) is 2. The van der Waals surface area contributed by atoms with Crippen molar-refractivity contribution in [2.75, 3.05) is 0 Å². The minimum atomic E-state index is -1.04. The molecule has 0 aliphatic carbocycles. The predicted octanol–water partition coefficient (Wildman–Crippen LogP) is 3.63. The van der Waals surface area contributed by atoms with Crippen LogP contribution in [-0.2, 0) is 5.41 Å². The van der Waals surface area contributed by atoms with Gasteiger partial charge in [0.15, 0.2) is 5.69 Å². The van der Waals surface area contributed by atoms with Crippen LogP contribution in [0.2, 0.25) is 0 Å². The van der Waals surface area contributed by atoms with Gasteiger partial charge < -0.3 is 5.11 Å². The van der Waals surface area contributed by atoms with Gasteiger partial charge in [0.25, 0.3) is 0 Å². The molecular weight excluding hydrogens is 308 g/mol. The summed E-state index contributed by atoms with van der Waals surface area (Å²) in [6.45, 7) is 6.08. The second-order valence-corrected chi connectivity index (χ2v) is 6.11. The van der Waals surface area contributed by atoms with Crippen molar-refractivity contribution < 1.29 is 9.90 Å². The van der Waals surface area contributed by atoms with Crippen LogP contribution in [0.3, 0.4) is 0 Å². The third-order valence-corrected chi connectivity index (χ3v) is 3.49. The monoisotopic (exact) mass is 322 g/mol. The molecule has 1 N–H and O–H groups in total. The molecule has 100 valence electrons. The summed E-state index contributed by atoms with van der Waals surface area (Å²) in [5.41, 5.74) is 1.50. The van der Waals surface area contributed by atoms with E-state index in [1.807, 2.05) is 51.1 Å². The van der Waals surface area contributed by atoms with Crippen molar-refractivity contribution in [3.05, 3.63) is 46.2 Å². The van der Waals surface area contributed by atoms with Gasteiger partial charge in [0.05, 0.1) is 15.9 Å². The van der Waals surface area contributed by atoms with E-state index in [1.165, 1.54) is 0 Å². The molecule has 0 unspecified atom stereocenters. The number of hydrogen-bond acceptors (Lipinski definition) is 2. The van der Waals surface area contributed by atoms with E-state index >= 15 is 0 Å². The molecule has 1 aromatic carbocycles. The lowest BCUT2D eigenvalue weighted by Crippen LogP contribution is -2.18.